The van der Waals surface area contributed by atoms with Gasteiger partial charge in [-0.3, -0.25) is 4.98 Å². The number of nitrogens with zero attached hydrogens (tertiary/aromatic N) is 5. The fourth-order valence-corrected chi connectivity index (χ4v) is 8.30. The second-order valence-corrected chi connectivity index (χ2v) is 10.7. The van der Waals surface area contributed by atoms with Gasteiger partial charge in [-0.05, 0) is 68.4 Å². The first-order valence-corrected chi connectivity index (χ1v) is 11.3. The van der Waals surface area contributed by atoms with Crippen molar-refractivity contribution < 1.29 is 0 Å². The maximum absolute atomic E-state index is 4.76. The van der Waals surface area contributed by atoms with Crippen LogP contribution in [0.3, 0.4) is 0 Å². The Bertz CT molecular complexity index is 912. The van der Waals surface area contributed by atoms with Crippen LogP contribution in [0.2, 0.25) is 0 Å². The van der Waals surface area contributed by atoms with Gasteiger partial charge in [0, 0.05) is 22.7 Å². The first-order chi connectivity index (χ1) is 12.8. The quantitative estimate of drug-likeness (QED) is 0.666. The molecular formula is C19H21N5S2. The molecule has 4 aliphatic carbocycles. The van der Waals surface area contributed by atoms with Gasteiger partial charge in [0.05, 0.1) is 5.75 Å². The fraction of sp³-hybridized carbons (Fsp3) is 0.579. The van der Waals surface area contributed by atoms with E-state index in [2.05, 4.69) is 26.9 Å². The van der Waals surface area contributed by atoms with Gasteiger partial charge >= 0.3 is 0 Å². The minimum atomic E-state index is 0.503. The highest BCUT2D eigenvalue weighted by Crippen LogP contribution is 2.61. The van der Waals surface area contributed by atoms with Crippen LogP contribution in [-0.4, -0.2) is 29.5 Å². The number of aromatic nitrogens is 5. The molecule has 0 unspecified atom stereocenters. The molecule has 0 aromatic carbocycles. The van der Waals surface area contributed by atoms with Crippen LogP contribution >= 0.6 is 23.1 Å². The normalized spacial score (nSPS) is 32.5. The lowest BCUT2D eigenvalue weighted by atomic mass is 9.56. The summed E-state index contributed by atoms with van der Waals surface area (Å²) in [4.78, 5) is 5.08. The zero-order valence-electron chi connectivity index (χ0n) is 14.5. The van der Waals surface area contributed by atoms with Crippen molar-refractivity contribution >= 4 is 28.1 Å². The van der Waals surface area contributed by atoms with Crippen molar-refractivity contribution in [3.63, 3.8) is 0 Å². The monoisotopic (exact) mass is 383 g/mol. The molecule has 4 saturated carbocycles. The molecular weight excluding hydrogens is 362 g/mol. The molecule has 0 aliphatic heterocycles. The average molecular weight is 384 g/mol. The minimum absolute atomic E-state index is 0.503. The van der Waals surface area contributed by atoms with E-state index in [1.54, 1.807) is 17.5 Å². The van der Waals surface area contributed by atoms with E-state index < -0.39 is 0 Å². The second kappa shape index (κ2) is 5.76. The molecule has 134 valence electrons. The topological polar surface area (TPSA) is 56.0 Å². The molecule has 0 amide bonds. The van der Waals surface area contributed by atoms with Gasteiger partial charge in [-0.1, -0.05) is 11.3 Å². The zero-order chi connectivity index (χ0) is 17.1. The van der Waals surface area contributed by atoms with Crippen LogP contribution in [0.1, 0.15) is 44.3 Å². The molecule has 0 atom stereocenters. The fourth-order valence-electron chi connectivity index (χ4n) is 5.78. The van der Waals surface area contributed by atoms with Gasteiger partial charge in [-0.25, -0.2) is 0 Å². The summed E-state index contributed by atoms with van der Waals surface area (Å²) in [6.45, 7) is 0. The third-order valence-corrected chi connectivity index (χ3v) is 8.92. The Hall–Kier alpha value is -1.47. The van der Waals surface area contributed by atoms with Crippen LogP contribution in [0.5, 0.6) is 0 Å². The summed E-state index contributed by atoms with van der Waals surface area (Å²) >= 11 is 3.73. The standard InChI is InChI=1S/C19H21N5S2/c1-2-15(10-20-3-1)17-23-24-16(21-22-18(24)26-17)11-25-19-7-12-4-13(8-19)6-14(5-12)9-19/h1-3,10,12-14H,4-9,11H2. The average Bonchev–Trinajstić information content (AvgIpc) is 3.21. The van der Waals surface area contributed by atoms with Crippen molar-refractivity contribution in [2.45, 2.75) is 49.0 Å². The Morgan fingerprint density at radius 1 is 1.12 bits per heavy atom. The van der Waals surface area contributed by atoms with Crippen molar-refractivity contribution in [1.82, 2.24) is 24.8 Å². The number of rotatable bonds is 4. The van der Waals surface area contributed by atoms with Crippen molar-refractivity contribution in [2.75, 3.05) is 0 Å². The number of fused-ring (bicyclic) bond motifs is 1. The van der Waals surface area contributed by atoms with Crippen LogP contribution in [0, 0.1) is 17.8 Å². The summed E-state index contributed by atoms with van der Waals surface area (Å²) in [5.74, 6) is 4.88. The van der Waals surface area contributed by atoms with E-state index in [0.29, 0.717) is 4.75 Å². The van der Waals surface area contributed by atoms with E-state index in [0.717, 1.165) is 44.9 Å². The lowest BCUT2D eigenvalue weighted by Crippen LogP contribution is -2.48. The molecule has 0 N–H and O–H groups in total. The van der Waals surface area contributed by atoms with Crippen LogP contribution in [-0.2, 0) is 5.75 Å². The van der Waals surface area contributed by atoms with E-state index in [-0.39, 0.29) is 0 Å². The van der Waals surface area contributed by atoms with E-state index >= 15 is 0 Å². The molecule has 0 spiro atoms. The summed E-state index contributed by atoms with van der Waals surface area (Å²) in [6, 6.07) is 3.99. The van der Waals surface area contributed by atoms with Gasteiger partial charge in [0.15, 0.2) is 5.82 Å². The van der Waals surface area contributed by atoms with E-state index in [9.17, 15) is 0 Å². The molecule has 4 fully saturated rings. The zero-order valence-corrected chi connectivity index (χ0v) is 16.2. The smallest absolute Gasteiger partial charge is 0.235 e. The van der Waals surface area contributed by atoms with Gasteiger partial charge in [-0.15, -0.1) is 22.0 Å². The molecule has 7 rings (SSSR count). The predicted octanol–water partition coefficient (Wildman–Crippen LogP) is 4.45. The van der Waals surface area contributed by atoms with Crippen LogP contribution in [0.4, 0.5) is 0 Å². The molecule has 3 aromatic rings. The maximum atomic E-state index is 4.76. The van der Waals surface area contributed by atoms with Crippen molar-refractivity contribution in [1.29, 1.82) is 0 Å². The van der Waals surface area contributed by atoms with E-state index in [1.807, 2.05) is 22.8 Å². The number of hydrogen-bond donors (Lipinski definition) is 0. The second-order valence-electron chi connectivity index (χ2n) is 8.35. The number of pyridine rings is 1. The summed E-state index contributed by atoms with van der Waals surface area (Å²) < 4.78 is 2.45. The third-order valence-electron chi connectivity index (χ3n) is 6.45. The SMILES string of the molecule is c1cncc(-c2nn3c(CSC45CC6CC(CC(C6)C4)C5)nnc3s2)c1. The Balaban J connectivity index is 1.25. The molecule has 26 heavy (non-hydrogen) atoms. The number of hydrogen-bond acceptors (Lipinski definition) is 6. The number of thioether (sulfide) groups is 1. The molecule has 0 radical (unpaired) electrons. The summed E-state index contributed by atoms with van der Waals surface area (Å²) in [5.41, 5.74) is 1.04. The highest BCUT2D eigenvalue weighted by Gasteiger charge is 2.51. The lowest BCUT2D eigenvalue weighted by Gasteiger charge is -2.56. The van der Waals surface area contributed by atoms with Gasteiger partial charge in [0.2, 0.25) is 4.96 Å². The van der Waals surface area contributed by atoms with Gasteiger partial charge in [0.25, 0.3) is 0 Å². The molecule has 7 heteroatoms. The Labute approximate surface area is 160 Å². The van der Waals surface area contributed by atoms with Crippen molar-refractivity contribution in [3.8, 4) is 10.6 Å². The van der Waals surface area contributed by atoms with Crippen molar-refractivity contribution in [3.05, 3.63) is 30.4 Å². The van der Waals surface area contributed by atoms with Gasteiger partial charge < -0.3 is 0 Å². The summed E-state index contributed by atoms with van der Waals surface area (Å²) in [5, 5.41) is 14.5. The minimum Gasteiger partial charge on any atom is -0.264 e. The maximum Gasteiger partial charge on any atom is 0.235 e. The first kappa shape index (κ1) is 15.6. The molecule has 5 nitrogen and oxygen atoms in total. The molecule has 3 heterocycles. The van der Waals surface area contributed by atoms with Crippen molar-refractivity contribution in [2.24, 2.45) is 17.8 Å². The van der Waals surface area contributed by atoms with E-state index in [4.69, 9.17) is 5.10 Å². The molecule has 4 aliphatic rings. The first-order valence-electron chi connectivity index (χ1n) is 9.52. The van der Waals surface area contributed by atoms with Crippen LogP contribution in [0.15, 0.2) is 24.5 Å². The predicted molar refractivity (Wildman–Crippen MR) is 104 cm³/mol. The van der Waals surface area contributed by atoms with Gasteiger partial charge in [0.1, 0.15) is 5.01 Å². The third kappa shape index (κ3) is 2.51. The molecule has 0 saturated heterocycles. The molecule has 4 bridgehead atoms. The highest BCUT2D eigenvalue weighted by atomic mass is 32.2. The highest BCUT2D eigenvalue weighted by molar-refractivity contribution is 7.99. The van der Waals surface area contributed by atoms with Gasteiger partial charge in [-0.2, -0.15) is 9.61 Å². The lowest BCUT2D eigenvalue weighted by molar-refractivity contribution is 0.0383. The van der Waals surface area contributed by atoms with Crippen LogP contribution < -0.4 is 0 Å². The van der Waals surface area contributed by atoms with E-state index in [1.165, 1.54) is 38.5 Å². The Kier molecular flexibility index (Phi) is 3.45. The summed E-state index contributed by atoms with van der Waals surface area (Å²) in [6.07, 6.45) is 12.4. The Morgan fingerprint density at radius 2 is 1.88 bits per heavy atom. The van der Waals surface area contributed by atoms with Crippen LogP contribution in [0.25, 0.3) is 15.5 Å². The largest absolute Gasteiger partial charge is 0.264 e. The Morgan fingerprint density at radius 3 is 2.58 bits per heavy atom. The summed E-state index contributed by atoms with van der Waals surface area (Å²) in [7, 11) is 0. The molecule has 3 aromatic heterocycles.